The predicted molar refractivity (Wildman–Crippen MR) is 90.2 cm³/mol. The van der Waals surface area contributed by atoms with Crippen LogP contribution in [0.4, 0.5) is 0 Å². The first-order valence-corrected chi connectivity index (χ1v) is 7.26. The van der Waals surface area contributed by atoms with E-state index in [1.807, 2.05) is 42.5 Å². The van der Waals surface area contributed by atoms with Gasteiger partial charge in [-0.1, -0.05) is 36.4 Å². The Kier molecular flexibility index (Phi) is 2.87. The van der Waals surface area contributed by atoms with Gasteiger partial charge in [-0.3, -0.25) is 19.7 Å². The number of hydrogen-bond donors (Lipinski definition) is 1. The number of aromatic amines is 1. The van der Waals surface area contributed by atoms with Gasteiger partial charge in [0.05, 0.1) is 27.7 Å². The van der Waals surface area contributed by atoms with Crippen molar-refractivity contribution >= 4 is 21.7 Å². The predicted octanol–water partition coefficient (Wildman–Crippen LogP) is 2.54. The van der Waals surface area contributed by atoms with Crippen LogP contribution in [0.15, 0.2) is 64.2 Å². The highest BCUT2D eigenvalue weighted by molar-refractivity contribution is 6.05. The van der Waals surface area contributed by atoms with Gasteiger partial charge in [-0.15, -0.1) is 0 Å². The van der Waals surface area contributed by atoms with E-state index in [-0.39, 0.29) is 11.1 Å². The van der Waals surface area contributed by atoms with Crippen LogP contribution in [0.5, 0.6) is 0 Å². The quantitative estimate of drug-likeness (QED) is 0.549. The number of aromatic nitrogens is 3. The molecular formula is C18H13N3O2. The third-order valence-corrected chi connectivity index (χ3v) is 3.95. The SMILES string of the molecule is Cc1nc2ccccc2c2c(=O)n(-c3ccccc3)[nH]c(=O)c12. The number of hydrogen-bond acceptors (Lipinski definition) is 3. The molecule has 5 nitrogen and oxygen atoms in total. The molecule has 0 unspecified atom stereocenters. The summed E-state index contributed by atoms with van der Waals surface area (Å²) < 4.78 is 1.29. The fourth-order valence-electron chi connectivity index (χ4n) is 2.91. The number of rotatable bonds is 1. The van der Waals surface area contributed by atoms with Gasteiger partial charge in [0, 0.05) is 5.39 Å². The molecule has 0 aliphatic rings. The number of H-pyrrole nitrogens is 1. The minimum atomic E-state index is -0.320. The summed E-state index contributed by atoms with van der Waals surface area (Å²) in [5, 5.41) is 4.09. The van der Waals surface area contributed by atoms with E-state index in [2.05, 4.69) is 10.1 Å². The highest BCUT2D eigenvalue weighted by atomic mass is 16.2. The second-order valence-electron chi connectivity index (χ2n) is 5.38. The summed E-state index contributed by atoms with van der Waals surface area (Å²) >= 11 is 0. The van der Waals surface area contributed by atoms with E-state index in [1.54, 1.807) is 19.1 Å². The lowest BCUT2D eigenvalue weighted by Gasteiger charge is -2.10. The Morgan fingerprint density at radius 2 is 1.61 bits per heavy atom. The molecule has 0 saturated carbocycles. The van der Waals surface area contributed by atoms with E-state index < -0.39 is 0 Å². The molecule has 1 N–H and O–H groups in total. The lowest BCUT2D eigenvalue weighted by molar-refractivity contribution is 0.801. The summed E-state index contributed by atoms with van der Waals surface area (Å²) in [6, 6.07) is 16.4. The number of pyridine rings is 1. The van der Waals surface area contributed by atoms with Crippen LogP contribution >= 0.6 is 0 Å². The van der Waals surface area contributed by atoms with Crippen molar-refractivity contribution in [3.63, 3.8) is 0 Å². The monoisotopic (exact) mass is 303 g/mol. The maximum atomic E-state index is 13.0. The lowest BCUT2D eigenvalue weighted by Crippen LogP contribution is -2.29. The smallest absolute Gasteiger partial charge is 0.267 e. The minimum absolute atomic E-state index is 0.257. The van der Waals surface area contributed by atoms with Crippen molar-refractivity contribution in [3.05, 3.63) is 81.0 Å². The largest absolute Gasteiger partial charge is 0.278 e. The molecule has 2 aromatic heterocycles. The number of nitrogens with one attached hydrogen (secondary N) is 1. The van der Waals surface area contributed by atoms with Gasteiger partial charge in [-0.25, -0.2) is 4.68 Å². The summed E-state index contributed by atoms with van der Waals surface area (Å²) in [7, 11) is 0. The maximum Gasteiger partial charge on any atom is 0.278 e. The summed E-state index contributed by atoms with van der Waals surface area (Å²) in [6.45, 7) is 1.75. The van der Waals surface area contributed by atoms with Gasteiger partial charge in [0.2, 0.25) is 0 Å². The van der Waals surface area contributed by atoms with Crippen LogP contribution in [0, 0.1) is 6.92 Å². The molecule has 112 valence electrons. The highest BCUT2D eigenvalue weighted by Gasteiger charge is 2.15. The molecule has 0 saturated heterocycles. The topological polar surface area (TPSA) is 67.8 Å². The molecule has 0 aliphatic heterocycles. The van der Waals surface area contributed by atoms with Crippen molar-refractivity contribution in [3.8, 4) is 5.69 Å². The van der Waals surface area contributed by atoms with Crippen LogP contribution in [0.2, 0.25) is 0 Å². The van der Waals surface area contributed by atoms with Crippen molar-refractivity contribution < 1.29 is 0 Å². The standard InChI is InChI=1S/C18H13N3O2/c1-11-15-16(13-9-5-6-10-14(13)19-11)18(23)21(20-17(15)22)12-7-3-2-4-8-12/h2-10H,1H3,(H,20,22). The number of fused-ring (bicyclic) bond motifs is 3. The molecule has 5 heteroatoms. The molecule has 23 heavy (non-hydrogen) atoms. The average Bonchev–Trinajstić information content (AvgIpc) is 2.58. The van der Waals surface area contributed by atoms with Crippen LogP contribution in [0.3, 0.4) is 0 Å². The Morgan fingerprint density at radius 1 is 0.913 bits per heavy atom. The Bertz CT molecular complexity index is 1160. The molecule has 0 fully saturated rings. The third kappa shape index (κ3) is 1.97. The molecular weight excluding hydrogens is 290 g/mol. The summed E-state index contributed by atoms with van der Waals surface area (Å²) in [4.78, 5) is 30.0. The fourth-order valence-corrected chi connectivity index (χ4v) is 2.91. The van der Waals surface area contributed by atoms with Crippen molar-refractivity contribution in [2.24, 2.45) is 0 Å². The zero-order valence-corrected chi connectivity index (χ0v) is 12.4. The Morgan fingerprint density at radius 3 is 2.39 bits per heavy atom. The molecule has 0 atom stereocenters. The Hall–Kier alpha value is -3.21. The van der Waals surface area contributed by atoms with Crippen molar-refractivity contribution in [1.29, 1.82) is 0 Å². The summed E-state index contributed by atoms with van der Waals surface area (Å²) in [5.41, 5.74) is 1.30. The number of para-hydroxylation sites is 2. The molecule has 0 radical (unpaired) electrons. The number of benzene rings is 2. The zero-order valence-electron chi connectivity index (χ0n) is 12.4. The third-order valence-electron chi connectivity index (χ3n) is 3.95. The van der Waals surface area contributed by atoms with Gasteiger partial charge in [0.15, 0.2) is 0 Å². The highest BCUT2D eigenvalue weighted by Crippen LogP contribution is 2.21. The van der Waals surface area contributed by atoms with Gasteiger partial charge in [0.25, 0.3) is 11.1 Å². The number of aryl methyl sites for hydroxylation is 1. The molecule has 4 aromatic rings. The van der Waals surface area contributed by atoms with Crippen molar-refractivity contribution in [1.82, 2.24) is 14.8 Å². The molecule has 2 heterocycles. The van der Waals surface area contributed by atoms with Gasteiger partial charge in [0.1, 0.15) is 0 Å². The molecule has 4 rings (SSSR count). The molecule has 0 aliphatic carbocycles. The minimum Gasteiger partial charge on any atom is -0.267 e. The summed E-state index contributed by atoms with van der Waals surface area (Å²) in [5.74, 6) is 0. The van der Waals surface area contributed by atoms with Crippen molar-refractivity contribution in [2.45, 2.75) is 6.92 Å². The molecule has 2 aromatic carbocycles. The Balaban J connectivity index is 2.27. The second kappa shape index (κ2) is 4.91. The van der Waals surface area contributed by atoms with Gasteiger partial charge in [-0.05, 0) is 25.1 Å². The van der Waals surface area contributed by atoms with Crippen LogP contribution in [-0.4, -0.2) is 14.8 Å². The van der Waals surface area contributed by atoms with E-state index in [9.17, 15) is 9.59 Å². The van der Waals surface area contributed by atoms with Crippen LogP contribution in [0.25, 0.3) is 27.4 Å². The average molecular weight is 303 g/mol. The van der Waals surface area contributed by atoms with Gasteiger partial charge < -0.3 is 0 Å². The molecule has 0 spiro atoms. The molecule has 0 bridgehead atoms. The number of nitrogens with zero attached hydrogens (tertiary/aromatic N) is 2. The van der Waals surface area contributed by atoms with E-state index in [4.69, 9.17) is 0 Å². The summed E-state index contributed by atoms with van der Waals surface area (Å²) in [6.07, 6.45) is 0. The van der Waals surface area contributed by atoms with Crippen LogP contribution in [-0.2, 0) is 0 Å². The molecule has 0 amide bonds. The van der Waals surface area contributed by atoms with E-state index >= 15 is 0 Å². The van der Waals surface area contributed by atoms with E-state index in [0.29, 0.717) is 33.1 Å². The first-order valence-electron chi connectivity index (χ1n) is 7.26. The Labute approximate surface area is 130 Å². The zero-order chi connectivity index (χ0) is 16.0. The van der Waals surface area contributed by atoms with E-state index in [1.165, 1.54) is 4.68 Å². The normalized spacial score (nSPS) is 11.2. The fraction of sp³-hybridized carbons (Fsp3) is 0.0556. The van der Waals surface area contributed by atoms with E-state index in [0.717, 1.165) is 0 Å². The first kappa shape index (κ1) is 13.5. The van der Waals surface area contributed by atoms with Crippen LogP contribution < -0.4 is 11.1 Å². The van der Waals surface area contributed by atoms with Crippen molar-refractivity contribution in [2.75, 3.05) is 0 Å². The lowest BCUT2D eigenvalue weighted by atomic mass is 10.1. The first-order chi connectivity index (χ1) is 11.2. The second-order valence-corrected chi connectivity index (χ2v) is 5.38. The van der Waals surface area contributed by atoms with Gasteiger partial charge >= 0.3 is 0 Å². The maximum absolute atomic E-state index is 13.0. The van der Waals surface area contributed by atoms with Crippen LogP contribution in [0.1, 0.15) is 5.69 Å². The van der Waals surface area contributed by atoms with Gasteiger partial charge in [-0.2, -0.15) is 0 Å².